The van der Waals surface area contributed by atoms with Crippen molar-refractivity contribution in [2.75, 3.05) is 20.2 Å². The van der Waals surface area contributed by atoms with Crippen molar-refractivity contribution >= 4 is 17.6 Å². The van der Waals surface area contributed by atoms with Gasteiger partial charge in [0.25, 0.3) is 5.91 Å². The molecule has 41 heavy (non-hydrogen) atoms. The molecule has 2 atom stereocenters. The number of alkyl halides is 6. The van der Waals surface area contributed by atoms with E-state index in [-0.39, 0.29) is 24.1 Å². The molecule has 1 heterocycles. The van der Waals surface area contributed by atoms with Crippen LogP contribution in [0.4, 0.5) is 31.1 Å². The predicted molar refractivity (Wildman–Crippen MR) is 138 cm³/mol. The quantitative estimate of drug-likeness (QED) is 0.345. The van der Waals surface area contributed by atoms with Crippen molar-refractivity contribution in [2.24, 2.45) is 0 Å². The first kappa shape index (κ1) is 30.3. The van der Waals surface area contributed by atoms with Gasteiger partial charge in [0.1, 0.15) is 11.9 Å². The molecule has 2 unspecified atom stereocenters. The van der Waals surface area contributed by atoms with E-state index in [0.717, 1.165) is 24.0 Å². The zero-order valence-electron chi connectivity index (χ0n) is 22.7. The molecule has 0 bridgehead atoms. The molecule has 0 saturated carbocycles. The van der Waals surface area contributed by atoms with Gasteiger partial charge in [0.05, 0.1) is 24.3 Å². The number of ether oxygens (including phenoxy) is 2. The van der Waals surface area contributed by atoms with Gasteiger partial charge in [-0.15, -0.1) is 0 Å². The van der Waals surface area contributed by atoms with E-state index in [1.54, 1.807) is 25.1 Å². The largest absolute Gasteiger partial charge is 0.496 e. The van der Waals surface area contributed by atoms with E-state index in [2.05, 4.69) is 5.32 Å². The molecule has 2 amide bonds. The number of amides is 2. The molecule has 1 N–H and O–H groups in total. The number of methoxy groups -OCH3 is 1. The van der Waals surface area contributed by atoms with Crippen molar-refractivity contribution in [1.29, 1.82) is 0 Å². The Morgan fingerprint density at radius 2 is 1.66 bits per heavy atom. The Labute approximate surface area is 233 Å². The van der Waals surface area contributed by atoms with Crippen LogP contribution in [-0.2, 0) is 17.1 Å². The van der Waals surface area contributed by atoms with Gasteiger partial charge in [-0.3, -0.25) is 9.69 Å². The van der Waals surface area contributed by atoms with Gasteiger partial charge in [0.15, 0.2) is 0 Å². The van der Waals surface area contributed by atoms with Gasteiger partial charge in [0, 0.05) is 24.2 Å². The Kier molecular flexibility index (Phi) is 8.60. The zero-order chi connectivity index (χ0) is 30.1. The first-order valence-corrected chi connectivity index (χ1v) is 13.2. The second-order valence-electron chi connectivity index (χ2n) is 10.1. The van der Waals surface area contributed by atoms with Gasteiger partial charge >= 0.3 is 18.4 Å². The lowest BCUT2D eigenvalue weighted by atomic mass is 9.85. The Morgan fingerprint density at radius 3 is 2.24 bits per heavy atom. The molecule has 6 nitrogen and oxygen atoms in total. The maximum atomic E-state index is 13.4. The summed E-state index contributed by atoms with van der Waals surface area (Å²) in [6.07, 6.45) is -9.32. The van der Waals surface area contributed by atoms with Crippen LogP contribution in [0.2, 0.25) is 0 Å². The fourth-order valence-corrected chi connectivity index (χ4v) is 5.32. The lowest BCUT2D eigenvalue weighted by molar-refractivity contribution is -0.143. The van der Waals surface area contributed by atoms with Crippen LogP contribution in [0.25, 0.3) is 5.57 Å². The van der Waals surface area contributed by atoms with Crippen LogP contribution in [0.5, 0.6) is 5.75 Å². The average Bonchev–Trinajstić information content (AvgIpc) is 3.20. The maximum absolute atomic E-state index is 13.4. The van der Waals surface area contributed by atoms with Crippen LogP contribution < -0.4 is 10.1 Å². The van der Waals surface area contributed by atoms with Crippen LogP contribution in [-0.4, -0.2) is 43.1 Å². The SMILES string of the molecule is CCNC(=O)c1ccc(OC)c(C2=C(CN3C(=O)OC(c4cc(C(F)(F)F)cc(C(F)(F)F)c4)C3C)CCCC2)c1. The molecule has 0 aromatic heterocycles. The average molecular weight is 585 g/mol. The highest BCUT2D eigenvalue weighted by Gasteiger charge is 2.43. The number of benzene rings is 2. The number of nitrogens with zero attached hydrogens (tertiary/aromatic N) is 1. The highest BCUT2D eigenvalue weighted by atomic mass is 19.4. The number of hydrogen-bond donors (Lipinski definition) is 1. The Bertz CT molecular complexity index is 1320. The van der Waals surface area contributed by atoms with Gasteiger partial charge in [-0.1, -0.05) is 0 Å². The molecule has 4 rings (SSSR count). The second kappa shape index (κ2) is 11.7. The minimum absolute atomic E-state index is 0.0457. The van der Waals surface area contributed by atoms with E-state index in [4.69, 9.17) is 9.47 Å². The minimum Gasteiger partial charge on any atom is -0.496 e. The van der Waals surface area contributed by atoms with E-state index in [0.29, 0.717) is 48.4 Å². The van der Waals surface area contributed by atoms with E-state index in [9.17, 15) is 35.9 Å². The molecular weight excluding hydrogens is 554 g/mol. The summed E-state index contributed by atoms with van der Waals surface area (Å²) in [5.41, 5.74) is -0.479. The monoisotopic (exact) mass is 584 g/mol. The minimum atomic E-state index is -5.02. The maximum Gasteiger partial charge on any atom is 0.416 e. The summed E-state index contributed by atoms with van der Waals surface area (Å²) < 4.78 is 91.6. The highest BCUT2D eigenvalue weighted by Crippen LogP contribution is 2.43. The van der Waals surface area contributed by atoms with Crippen LogP contribution in [0.15, 0.2) is 42.0 Å². The van der Waals surface area contributed by atoms with E-state index in [1.165, 1.54) is 18.9 Å². The zero-order valence-corrected chi connectivity index (χ0v) is 22.7. The summed E-state index contributed by atoms with van der Waals surface area (Å²) in [5, 5.41) is 2.75. The van der Waals surface area contributed by atoms with Crippen LogP contribution in [0.1, 0.15) is 78.2 Å². The Morgan fingerprint density at radius 1 is 1.02 bits per heavy atom. The molecule has 1 fully saturated rings. The van der Waals surface area contributed by atoms with Crippen molar-refractivity contribution in [2.45, 2.75) is 64.0 Å². The summed E-state index contributed by atoms with van der Waals surface area (Å²) in [5.74, 6) is 0.277. The summed E-state index contributed by atoms with van der Waals surface area (Å²) in [4.78, 5) is 26.8. The molecule has 2 aliphatic rings. The van der Waals surface area contributed by atoms with Gasteiger partial charge in [-0.05, 0) is 92.6 Å². The molecule has 0 spiro atoms. The third-order valence-electron chi connectivity index (χ3n) is 7.40. The number of allylic oxidation sites excluding steroid dienone is 1. The van der Waals surface area contributed by atoms with Crippen molar-refractivity contribution in [3.63, 3.8) is 0 Å². The molecular formula is C29H30F6N2O4. The van der Waals surface area contributed by atoms with Crippen molar-refractivity contribution in [3.05, 3.63) is 69.8 Å². The smallest absolute Gasteiger partial charge is 0.416 e. The summed E-state index contributed by atoms with van der Waals surface area (Å²) >= 11 is 0. The van der Waals surface area contributed by atoms with Gasteiger partial charge in [0.2, 0.25) is 0 Å². The summed E-state index contributed by atoms with van der Waals surface area (Å²) in [6.45, 7) is 3.84. The molecule has 2 aromatic rings. The summed E-state index contributed by atoms with van der Waals surface area (Å²) in [6, 6.07) is 5.43. The lowest BCUT2D eigenvalue weighted by Gasteiger charge is -2.28. The standard InChI is InChI=1S/C29H30F6N2O4/c1-4-36-26(38)17-9-10-24(40-3)23(13-17)22-8-6-5-7-18(22)15-37-16(2)25(41-27(37)39)19-11-20(28(30,31)32)14-21(12-19)29(33,34)35/h9-14,16,25H,4-8,15H2,1-3H3,(H,36,38). The first-order chi connectivity index (χ1) is 19.2. The fraction of sp³-hybridized carbons (Fsp3) is 0.448. The van der Waals surface area contributed by atoms with E-state index >= 15 is 0 Å². The van der Waals surface area contributed by atoms with Crippen molar-refractivity contribution < 1.29 is 45.4 Å². The fourth-order valence-electron chi connectivity index (χ4n) is 5.32. The number of hydrogen-bond acceptors (Lipinski definition) is 4. The predicted octanol–water partition coefficient (Wildman–Crippen LogP) is 7.39. The second-order valence-corrected chi connectivity index (χ2v) is 10.1. The van der Waals surface area contributed by atoms with Gasteiger partial charge in [-0.25, -0.2) is 4.79 Å². The normalized spacial score (nSPS) is 19.8. The molecule has 1 aliphatic heterocycles. The molecule has 12 heteroatoms. The number of nitrogens with one attached hydrogen (secondary N) is 1. The highest BCUT2D eigenvalue weighted by molar-refractivity contribution is 5.95. The molecule has 1 aliphatic carbocycles. The Balaban J connectivity index is 1.70. The van der Waals surface area contributed by atoms with E-state index < -0.39 is 41.7 Å². The number of rotatable bonds is 7. The third-order valence-corrected chi connectivity index (χ3v) is 7.40. The summed E-state index contributed by atoms with van der Waals surface area (Å²) in [7, 11) is 1.50. The van der Waals surface area contributed by atoms with Gasteiger partial charge < -0.3 is 14.8 Å². The first-order valence-electron chi connectivity index (χ1n) is 13.2. The number of halogens is 6. The lowest BCUT2D eigenvalue weighted by Crippen LogP contribution is -2.34. The van der Waals surface area contributed by atoms with Crippen LogP contribution in [0, 0.1) is 0 Å². The number of carbonyl (C=O) groups excluding carboxylic acids is 2. The molecule has 0 radical (unpaired) electrons. The van der Waals surface area contributed by atoms with Crippen LogP contribution >= 0.6 is 0 Å². The number of carbonyl (C=O) groups is 2. The number of cyclic esters (lactones) is 1. The molecule has 2 aromatic carbocycles. The van der Waals surface area contributed by atoms with Crippen molar-refractivity contribution in [3.8, 4) is 5.75 Å². The topological polar surface area (TPSA) is 67.9 Å². The van der Waals surface area contributed by atoms with Crippen molar-refractivity contribution in [1.82, 2.24) is 10.2 Å². The van der Waals surface area contributed by atoms with Crippen LogP contribution in [0.3, 0.4) is 0 Å². The Hall–Kier alpha value is -3.70. The van der Waals surface area contributed by atoms with Gasteiger partial charge in [-0.2, -0.15) is 26.3 Å². The molecule has 1 saturated heterocycles. The third kappa shape index (κ3) is 6.46. The van der Waals surface area contributed by atoms with E-state index in [1.807, 2.05) is 0 Å². The molecule has 222 valence electrons.